The van der Waals surface area contributed by atoms with Gasteiger partial charge < -0.3 is 9.64 Å². The highest BCUT2D eigenvalue weighted by Crippen LogP contribution is 2.25. The third-order valence-corrected chi connectivity index (χ3v) is 3.39. The number of hydrogen-bond acceptors (Lipinski definition) is 4. The minimum absolute atomic E-state index is 0.584. The van der Waals surface area contributed by atoms with Crippen molar-refractivity contribution in [1.29, 1.82) is 0 Å². The molecule has 0 aliphatic carbocycles. The van der Waals surface area contributed by atoms with Crippen molar-refractivity contribution < 1.29 is 4.74 Å². The standard InChI is InChI=1S/C13H21N3O/c1-11-9-14-10-13(15-11)12-3-5-16(6-4-12)7-8-17-2/h9-10,12H,3-8H2,1-2H3. The second kappa shape index (κ2) is 6.07. The molecule has 0 bridgehead atoms. The number of ether oxygens (including phenoxy) is 1. The lowest BCUT2D eigenvalue weighted by atomic mass is 9.94. The summed E-state index contributed by atoms with van der Waals surface area (Å²) in [6, 6.07) is 0. The first kappa shape index (κ1) is 12.5. The molecular weight excluding hydrogens is 214 g/mol. The van der Waals surface area contributed by atoms with Crippen LogP contribution < -0.4 is 0 Å². The molecule has 17 heavy (non-hydrogen) atoms. The minimum Gasteiger partial charge on any atom is -0.383 e. The van der Waals surface area contributed by atoms with Gasteiger partial charge in [0.25, 0.3) is 0 Å². The van der Waals surface area contributed by atoms with Gasteiger partial charge in [-0.15, -0.1) is 0 Å². The molecule has 0 aromatic carbocycles. The van der Waals surface area contributed by atoms with Crippen molar-refractivity contribution in [3.8, 4) is 0 Å². The zero-order chi connectivity index (χ0) is 12.1. The maximum Gasteiger partial charge on any atom is 0.0621 e. The van der Waals surface area contributed by atoms with Crippen LogP contribution >= 0.6 is 0 Å². The second-order valence-corrected chi connectivity index (χ2v) is 4.69. The normalized spacial score (nSPS) is 18.5. The van der Waals surface area contributed by atoms with Crippen LogP contribution in [0.5, 0.6) is 0 Å². The molecule has 0 spiro atoms. The Morgan fingerprint density at radius 3 is 2.76 bits per heavy atom. The zero-order valence-electron chi connectivity index (χ0n) is 10.7. The molecule has 1 aromatic rings. The van der Waals surface area contributed by atoms with Gasteiger partial charge in [0.05, 0.1) is 18.0 Å². The highest BCUT2D eigenvalue weighted by atomic mass is 16.5. The van der Waals surface area contributed by atoms with Crippen LogP contribution in [-0.2, 0) is 4.74 Å². The summed E-state index contributed by atoms with van der Waals surface area (Å²) in [7, 11) is 1.76. The van der Waals surface area contributed by atoms with E-state index in [0.717, 1.165) is 37.6 Å². The minimum atomic E-state index is 0.584. The molecule has 0 amide bonds. The van der Waals surface area contributed by atoms with Crippen molar-refractivity contribution in [1.82, 2.24) is 14.9 Å². The van der Waals surface area contributed by atoms with Crippen LogP contribution in [0.2, 0.25) is 0 Å². The maximum atomic E-state index is 5.11. The molecule has 1 aromatic heterocycles. The Kier molecular flexibility index (Phi) is 4.45. The number of aromatic nitrogens is 2. The molecule has 4 heteroatoms. The third kappa shape index (κ3) is 3.48. The van der Waals surface area contributed by atoms with E-state index >= 15 is 0 Å². The average molecular weight is 235 g/mol. The number of methoxy groups -OCH3 is 1. The summed E-state index contributed by atoms with van der Waals surface area (Å²) in [5.74, 6) is 0.584. The van der Waals surface area contributed by atoms with E-state index in [0.29, 0.717) is 5.92 Å². The van der Waals surface area contributed by atoms with Gasteiger partial charge in [-0.1, -0.05) is 0 Å². The van der Waals surface area contributed by atoms with E-state index in [4.69, 9.17) is 4.74 Å². The first-order valence-electron chi connectivity index (χ1n) is 6.29. The predicted octanol–water partition coefficient (Wildman–Crippen LogP) is 1.61. The van der Waals surface area contributed by atoms with Crippen LogP contribution in [0.1, 0.15) is 30.1 Å². The fourth-order valence-corrected chi connectivity index (χ4v) is 2.35. The number of aryl methyl sites for hydroxylation is 1. The Hall–Kier alpha value is -1.00. The first-order valence-corrected chi connectivity index (χ1v) is 6.29. The monoisotopic (exact) mass is 235 g/mol. The van der Waals surface area contributed by atoms with Crippen LogP contribution in [0.3, 0.4) is 0 Å². The lowest BCUT2D eigenvalue weighted by Crippen LogP contribution is -2.35. The van der Waals surface area contributed by atoms with Crippen molar-refractivity contribution in [2.45, 2.75) is 25.7 Å². The SMILES string of the molecule is COCCN1CCC(c2cncc(C)n2)CC1. The predicted molar refractivity (Wildman–Crippen MR) is 67.1 cm³/mol. The summed E-state index contributed by atoms with van der Waals surface area (Å²) in [5.41, 5.74) is 2.18. The second-order valence-electron chi connectivity index (χ2n) is 4.69. The number of nitrogens with zero attached hydrogens (tertiary/aromatic N) is 3. The lowest BCUT2D eigenvalue weighted by Gasteiger charge is -2.31. The van der Waals surface area contributed by atoms with E-state index in [1.807, 2.05) is 19.3 Å². The van der Waals surface area contributed by atoms with Crippen LogP contribution in [-0.4, -0.2) is 48.2 Å². The summed E-state index contributed by atoms with van der Waals surface area (Å²) in [4.78, 5) is 11.3. The molecule has 0 N–H and O–H groups in total. The Balaban J connectivity index is 1.86. The van der Waals surface area contributed by atoms with Gasteiger partial charge in [-0.25, -0.2) is 0 Å². The maximum absolute atomic E-state index is 5.11. The number of piperidine rings is 1. The van der Waals surface area contributed by atoms with Gasteiger partial charge in [0, 0.05) is 32.0 Å². The van der Waals surface area contributed by atoms with Crippen molar-refractivity contribution >= 4 is 0 Å². The van der Waals surface area contributed by atoms with Gasteiger partial charge in [0.1, 0.15) is 0 Å². The summed E-state index contributed by atoms with van der Waals surface area (Å²) in [6.45, 7) is 6.16. The average Bonchev–Trinajstić information content (AvgIpc) is 2.37. The van der Waals surface area contributed by atoms with Gasteiger partial charge in [-0.2, -0.15) is 0 Å². The molecule has 1 fully saturated rings. The van der Waals surface area contributed by atoms with Gasteiger partial charge >= 0.3 is 0 Å². The molecule has 4 nitrogen and oxygen atoms in total. The number of likely N-dealkylation sites (tertiary alicyclic amines) is 1. The van der Waals surface area contributed by atoms with Crippen molar-refractivity contribution in [3.63, 3.8) is 0 Å². The molecule has 0 atom stereocenters. The molecule has 0 radical (unpaired) electrons. The van der Waals surface area contributed by atoms with Crippen molar-refractivity contribution in [3.05, 3.63) is 23.8 Å². The molecule has 0 saturated carbocycles. The van der Waals surface area contributed by atoms with Gasteiger partial charge in [-0.05, 0) is 32.9 Å². The van der Waals surface area contributed by atoms with Crippen LogP contribution in [0.25, 0.3) is 0 Å². The van der Waals surface area contributed by atoms with Gasteiger partial charge in [0.15, 0.2) is 0 Å². The summed E-state index contributed by atoms with van der Waals surface area (Å²) in [6.07, 6.45) is 6.10. The fraction of sp³-hybridized carbons (Fsp3) is 0.692. The highest BCUT2D eigenvalue weighted by molar-refractivity contribution is 5.08. The van der Waals surface area contributed by atoms with Crippen molar-refractivity contribution in [2.24, 2.45) is 0 Å². The topological polar surface area (TPSA) is 38.2 Å². The van der Waals surface area contributed by atoms with Crippen LogP contribution in [0, 0.1) is 6.92 Å². The molecular formula is C13H21N3O. The van der Waals surface area contributed by atoms with E-state index in [9.17, 15) is 0 Å². The van der Waals surface area contributed by atoms with Crippen LogP contribution in [0.15, 0.2) is 12.4 Å². The summed E-state index contributed by atoms with van der Waals surface area (Å²) < 4.78 is 5.11. The smallest absolute Gasteiger partial charge is 0.0621 e. The van der Waals surface area contributed by atoms with E-state index < -0.39 is 0 Å². The van der Waals surface area contributed by atoms with E-state index in [1.165, 1.54) is 12.8 Å². The van der Waals surface area contributed by atoms with Gasteiger partial charge in [0.2, 0.25) is 0 Å². The molecule has 94 valence electrons. The first-order chi connectivity index (χ1) is 8.29. The molecule has 0 unspecified atom stereocenters. The molecule has 1 aliphatic rings. The number of hydrogen-bond donors (Lipinski definition) is 0. The third-order valence-electron chi connectivity index (χ3n) is 3.39. The molecule has 2 heterocycles. The van der Waals surface area contributed by atoms with Crippen molar-refractivity contribution in [2.75, 3.05) is 33.4 Å². The Bertz CT molecular complexity index is 348. The molecule has 1 aliphatic heterocycles. The lowest BCUT2D eigenvalue weighted by molar-refractivity contribution is 0.129. The fourth-order valence-electron chi connectivity index (χ4n) is 2.35. The van der Waals surface area contributed by atoms with E-state index in [1.54, 1.807) is 7.11 Å². The summed E-state index contributed by atoms with van der Waals surface area (Å²) in [5, 5.41) is 0. The summed E-state index contributed by atoms with van der Waals surface area (Å²) >= 11 is 0. The molecule has 1 saturated heterocycles. The van der Waals surface area contributed by atoms with Crippen LogP contribution in [0.4, 0.5) is 0 Å². The zero-order valence-corrected chi connectivity index (χ0v) is 10.7. The molecule has 2 rings (SSSR count). The van der Waals surface area contributed by atoms with Gasteiger partial charge in [-0.3, -0.25) is 9.97 Å². The Labute approximate surface area is 103 Å². The van der Waals surface area contributed by atoms with E-state index in [-0.39, 0.29) is 0 Å². The highest BCUT2D eigenvalue weighted by Gasteiger charge is 2.21. The Morgan fingerprint density at radius 1 is 1.35 bits per heavy atom. The van der Waals surface area contributed by atoms with E-state index in [2.05, 4.69) is 14.9 Å². The Morgan fingerprint density at radius 2 is 2.12 bits per heavy atom. The number of rotatable bonds is 4. The quantitative estimate of drug-likeness (QED) is 0.794. The largest absolute Gasteiger partial charge is 0.383 e.